The minimum absolute atomic E-state index is 0. The molecule has 0 radical (unpaired) electrons. The van der Waals surface area contributed by atoms with Gasteiger partial charge in [0.2, 0.25) is 0 Å². The van der Waals surface area contributed by atoms with Crippen LogP contribution in [-0.2, 0) is 19.4 Å². The van der Waals surface area contributed by atoms with Crippen LogP contribution in [-0.4, -0.2) is 31.8 Å². The highest BCUT2D eigenvalue weighted by atomic mass is 127. The lowest BCUT2D eigenvalue weighted by molar-refractivity contribution is 0.374. The fraction of sp³-hybridized carbons (Fsp3) is 0.412. The van der Waals surface area contributed by atoms with Crippen LogP contribution in [0.5, 0.6) is 5.75 Å². The number of methoxy groups -OCH3 is 1. The molecule has 6 nitrogen and oxygen atoms in total. The van der Waals surface area contributed by atoms with Gasteiger partial charge in [0, 0.05) is 19.7 Å². The molecule has 1 aromatic carbocycles. The molecule has 0 aliphatic carbocycles. The van der Waals surface area contributed by atoms with E-state index in [0.717, 1.165) is 42.5 Å². The molecule has 2 aromatic rings. The SMILES string of the molecule is CCc1cc(CNC(=NC)NCCc2ccccc2OC)on1.I. The van der Waals surface area contributed by atoms with Crippen molar-refractivity contribution in [3.05, 3.63) is 47.3 Å². The number of guanidine groups is 1. The number of halogens is 1. The van der Waals surface area contributed by atoms with Crippen molar-refractivity contribution in [2.24, 2.45) is 4.99 Å². The molecule has 0 saturated heterocycles. The largest absolute Gasteiger partial charge is 0.496 e. The average Bonchev–Trinajstić information content (AvgIpc) is 3.06. The van der Waals surface area contributed by atoms with E-state index in [1.165, 1.54) is 5.56 Å². The number of nitrogens with zero attached hydrogens (tertiary/aromatic N) is 2. The van der Waals surface area contributed by atoms with Crippen LogP contribution in [0.15, 0.2) is 39.8 Å². The van der Waals surface area contributed by atoms with E-state index >= 15 is 0 Å². The van der Waals surface area contributed by atoms with Gasteiger partial charge in [-0.25, -0.2) is 0 Å². The molecule has 0 fully saturated rings. The van der Waals surface area contributed by atoms with Gasteiger partial charge in [-0.15, -0.1) is 24.0 Å². The highest BCUT2D eigenvalue weighted by molar-refractivity contribution is 14.0. The summed E-state index contributed by atoms with van der Waals surface area (Å²) < 4.78 is 10.6. The first kappa shape index (κ1) is 20.3. The maximum absolute atomic E-state index is 5.35. The minimum atomic E-state index is 0. The highest BCUT2D eigenvalue weighted by Crippen LogP contribution is 2.17. The number of hydrogen-bond acceptors (Lipinski definition) is 4. The number of rotatable bonds is 7. The zero-order valence-corrected chi connectivity index (χ0v) is 16.7. The van der Waals surface area contributed by atoms with Crippen LogP contribution in [0.2, 0.25) is 0 Å². The molecule has 2 rings (SSSR count). The Morgan fingerprint density at radius 2 is 2.08 bits per heavy atom. The number of hydrogen-bond donors (Lipinski definition) is 2. The number of aliphatic imine (C=N–C) groups is 1. The molecular weight excluding hydrogens is 419 g/mol. The standard InChI is InChI=1S/C17H24N4O2.HI/c1-4-14-11-15(23-21-14)12-20-17(18-2)19-10-9-13-7-5-6-8-16(13)22-3;/h5-8,11H,4,9-10,12H2,1-3H3,(H2,18,19,20);1H. The van der Waals surface area contributed by atoms with Gasteiger partial charge in [0.25, 0.3) is 0 Å². The van der Waals surface area contributed by atoms with Crippen LogP contribution in [0.4, 0.5) is 0 Å². The lowest BCUT2D eigenvalue weighted by Gasteiger charge is -2.12. The molecule has 1 heterocycles. The molecular formula is C17H25IN4O2. The Kier molecular flexibility index (Phi) is 9.21. The molecule has 0 spiro atoms. The third-order valence-corrected chi connectivity index (χ3v) is 3.50. The average molecular weight is 444 g/mol. The second-order valence-electron chi connectivity index (χ2n) is 5.05. The number of aryl methyl sites for hydroxylation is 1. The van der Waals surface area contributed by atoms with Gasteiger partial charge in [-0.05, 0) is 24.5 Å². The monoisotopic (exact) mass is 444 g/mol. The molecule has 2 N–H and O–H groups in total. The van der Waals surface area contributed by atoms with Crippen LogP contribution in [0.25, 0.3) is 0 Å². The molecule has 0 saturated carbocycles. The summed E-state index contributed by atoms with van der Waals surface area (Å²) in [6.45, 7) is 3.37. The summed E-state index contributed by atoms with van der Waals surface area (Å²) >= 11 is 0. The smallest absolute Gasteiger partial charge is 0.191 e. The first-order chi connectivity index (χ1) is 11.3. The van der Waals surface area contributed by atoms with Gasteiger partial charge in [-0.1, -0.05) is 30.3 Å². The van der Waals surface area contributed by atoms with Crippen LogP contribution in [0.3, 0.4) is 0 Å². The second-order valence-corrected chi connectivity index (χ2v) is 5.05. The summed E-state index contributed by atoms with van der Waals surface area (Å²) in [4.78, 5) is 4.20. The Labute approximate surface area is 160 Å². The van der Waals surface area contributed by atoms with E-state index in [-0.39, 0.29) is 24.0 Å². The van der Waals surface area contributed by atoms with Crippen molar-refractivity contribution in [2.45, 2.75) is 26.3 Å². The van der Waals surface area contributed by atoms with E-state index in [1.807, 2.05) is 31.2 Å². The molecule has 0 amide bonds. The zero-order valence-electron chi connectivity index (χ0n) is 14.3. The lowest BCUT2D eigenvalue weighted by Crippen LogP contribution is -2.37. The van der Waals surface area contributed by atoms with Crippen molar-refractivity contribution in [1.29, 1.82) is 0 Å². The number of para-hydroxylation sites is 1. The summed E-state index contributed by atoms with van der Waals surface area (Å²) in [5.74, 6) is 2.44. The van der Waals surface area contributed by atoms with Crippen LogP contribution < -0.4 is 15.4 Å². The number of benzene rings is 1. The van der Waals surface area contributed by atoms with E-state index in [4.69, 9.17) is 9.26 Å². The summed E-state index contributed by atoms with van der Waals surface area (Å²) in [5, 5.41) is 10.5. The minimum Gasteiger partial charge on any atom is -0.496 e. The highest BCUT2D eigenvalue weighted by Gasteiger charge is 2.05. The van der Waals surface area contributed by atoms with Gasteiger partial charge >= 0.3 is 0 Å². The third-order valence-electron chi connectivity index (χ3n) is 3.50. The van der Waals surface area contributed by atoms with E-state index in [1.54, 1.807) is 14.2 Å². The second kappa shape index (κ2) is 10.9. The fourth-order valence-corrected chi connectivity index (χ4v) is 2.22. The summed E-state index contributed by atoms with van der Waals surface area (Å²) in [6, 6.07) is 9.97. The van der Waals surface area contributed by atoms with Crippen molar-refractivity contribution >= 4 is 29.9 Å². The van der Waals surface area contributed by atoms with Gasteiger partial charge in [0.1, 0.15) is 5.75 Å². The topological polar surface area (TPSA) is 71.7 Å². The maximum Gasteiger partial charge on any atom is 0.191 e. The first-order valence-electron chi connectivity index (χ1n) is 7.77. The van der Waals surface area contributed by atoms with E-state index in [0.29, 0.717) is 6.54 Å². The number of aromatic nitrogens is 1. The molecule has 132 valence electrons. The number of nitrogens with one attached hydrogen (secondary N) is 2. The van der Waals surface area contributed by atoms with Crippen LogP contribution in [0.1, 0.15) is 23.9 Å². The third kappa shape index (κ3) is 6.03. The van der Waals surface area contributed by atoms with Crippen molar-refractivity contribution in [2.75, 3.05) is 20.7 Å². The molecule has 0 unspecified atom stereocenters. The Morgan fingerprint density at radius 3 is 2.75 bits per heavy atom. The van der Waals surface area contributed by atoms with E-state index < -0.39 is 0 Å². The lowest BCUT2D eigenvalue weighted by atomic mass is 10.1. The van der Waals surface area contributed by atoms with Gasteiger partial charge in [0.15, 0.2) is 11.7 Å². The Bertz CT molecular complexity index is 643. The van der Waals surface area contributed by atoms with E-state index in [9.17, 15) is 0 Å². The Balaban J connectivity index is 0.00000288. The van der Waals surface area contributed by atoms with Crippen molar-refractivity contribution in [3.63, 3.8) is 0 Å². The van der Waals surface area contributed by atoms with Crippen LogP contribution in [0, 0.1) is 0 Å². The van der Waals surface area contributed by atoms with Gasteiger partial charge in [-0.2, -0.15) is 0 Å². The van der Waals surface area contributed by atoms with E-state index in [2.05, 4.69) is 26.8 Å². The van der Waals surface area contributed by atoms with Gasteiger partial charge in [0.05, 0.1) is 19.3 Å². The summed E-state index contributed by atoms with van der Waals surface area (Å²) in [7, 11) is 3.44. The zero-order chi connectivity index (χ0) is 16.5. The molecule has 0 aliphatic heterocycles. The Morgan fingerprint density at radius 1 is 1.29 bits per heavy atom. The number of ether oxygens (including phenoxy) is 1. The van der Waals surface area contributed by atoms with Crippen molar-refractivity contribution in [3.8, 4) is 5.75 Å². The molecule has 0 aliphatic rings. The molecule has 1 aromatic heterocycles. The van der Waals surface area contributed by atoms with Crippen molar-refractivity contribution < 1.29 is 9.26 Å². The first-order valence-corrected chi connectivity index (χ1v) is 7.77. The normalized spacial score (nSPS) is 10.9. The molecule has 7 heteroatoms. The van der Waals surface area contributed by atoms with Gasteiger partial charge < -0.3 is 19.9 Å². The van der Waals surface area contributed by atoms with Crippen LogP contribution >= 0.6 is 24.0 Å². The summed E-state index contributed by atoms with van der Waals surface area (Å²) in [5.41, 5.74) is 2.13. The summed E-state index contributed by atoms with van der Waals surface area (Å²) in [6.07, 6.45) is 1.72. The molecule has 24 heavy (non-hydrogen) atoms. The molecule has 0 atom stereocenters. The van der Waals surface area contributed by atoms with Crippen molar-refractivity contribution in [1.82, 2.24) is 15.8 Å². The predicted octanol–water partition coefficient (Wildman–Crippen LogP) is 2.77. The fourth-order valence-electron chi connectivity index (χ4n) is 2.22. The maximum atomic E-state index is 5.35. The quantitative estimate of drug-likeness (QED) is 0.391. The Hall–Kier alpha value is -1.77. The predicted molar refractivity (Wildman–Crippen MR) is 106 cm³/mol. The molecule has 0 bridgehead atoms. The van der Waals surface area contributed by atoms with Gasteiger partial charge in [-0.3, -0.25) is 4.99 Å².